The monoisotopic (exact) mass is 334 g/mol. The summed E-state index contributed by atoms with van der Waals surface area (Å²) in [6.45, 7) is 1.77. The first kappa shape index (κ1) is 17.4. The van der Waals surface area contributed by atoms with E-state index in [4.69, 9.17) is 4.52 Å². The van der Waals surface area contributed by atoms with E-state index in [1.165, 1.54) is 0 Å². The number of hydrogen-bond donors (Lipinski definition) is 2. The molecule has 2 N–H and O–H groups in total. The number of hydrogen-bond acceptors (Lipinski definition) is 3. The van der Waals surface area contributed by atoms with Crippen molar-refractivity contribution in [1.29, 1.82) is 0 Å². The lowest BCUT2D eigenvalue weighted by molar-refractivity contribution is -0.145. The van der Waals surface area contributed by atoms with Crippen LogP contribution in [0.15, 0.2) is 60.7 Å². The SMILES string of the molecule is CCC(c1ccccc1)P(=O)(O)OC(C(=O)O)c1ccccc1. The zero-order valence-electron chi connectivity index (χ0n) is 12.7. The average Bonchev–Trinajstić information content (AvgIpc) is 2.55. The molecule has 0 fully saturated rings. The van der Waals surface area contributed by atoms with Crippen LogP contribution >= 0.6 is 7.60 Å². The summed E-state index contributed by atoms with van der Waals surface area (Å²) in [6.07, 6.45) is -1.12. The molecule has 0 saturated carbocycles. The van der Waals surface area contributed by atoms with Gasteiger partial charge >= 0.3 is 13.6 Å². The topological polar surface area (TPSA) is 83.8 Å². The normalized spacial score (nSPS) is 16.3. The van der Waals surface area contributed by atoms with Gasteiger partial charge in [-0.05, 0) is 17.5 Å². The Balaban J connectivity index is 2.30. The second kappa shape index (κ2) is 7.55. The summed E-state index contributed by atoms with van der Waals surface area (Å²) in [7, 11) is -4.18. The Morgan fingerprint density at radius 3 is 1.96 bits per heavy atom. The molecule has 0 spiro atoms. The van der Waals surface area contributed by atoms with Crippen LogP contribution in [0, 0.1) is 0 Å². The highest BCUT2D eigenvalue weighted by Crippen LogP contribution is 2.60. The molecule has 0 aliphatic heterocycles. The number of benzene rings is 2. The maximum Gasteiger partial charge on any atom is 0.338 e. The summed E-state index contributed by atoms with van der Waals surface area (Å²) in [4.78, 5) is 21.8. The fraction of sp³-hybridized carbons (Fsp3) is 0.235. The van der Waals surface area contributed by atoms with Gasteiger partial charge in [0, 0.05) is 0 Å². The Morgan fingerprint density at radius 1 is 1.04 bits per heavy atom. The molecule has 3 unspecified atom stereocenters. The summed E-state index contributed by atoms with van der Waals surface area (Å²) in [5, 5.41) is 9.36. The van der Waals surface area contributed by atoms with Gasteiger partial charge in [0.15, 0.2) is 6.10 Å². The number of carboxylic acid groups (broad SMARTS) is 1. The lowest BCUT2D eigenvalue weighted by Crippen LogP contribution is -2.16. The van der Waals surface area contributed by atoms with E-state index in [-0.39, 0.29) is 0 Å². The van der Waals surface area contributed by atoms with E-state index < -0.39 is 25.3 Å². The van der Waals surface area contributed by atoms with Crippen LogP contribution in [-0.4, -0.2) is 16.0 Å². The average molecular weight is 334 g/mol. The van der Waals surface area contributed by atoms with Crippen molar-refractivity contribution in [2.45, 2.75) is 25.1 Å². The third kappa shape index (κ3) is 4.29. The van der Waals surface area contributed by atoms with Gasteiger partial charge in [0.2, 0.25) is 0 Å². The minimum absolute atomic E-state index is 0.331. The van der Waals surface area contributed by atoms with Crippen LogP contribution in [0.3, 0.4) is 0 Å². The Morgan fingerprint density at radius 2 is 1.52 bits per heavy atom. The van der Waals surface area contributed by atoms with Gasteiger partial charge in [-0.2, -0.15) is 0 Å². The number of aliphatic carboxylic acids is 1. The van der Waals surface area contributed by atoms with Crippen LogP contribution < -0.4 is 0 Å². The molecule has 23 heavy (non-hydrogen) atoms. The molecule has 0 saturated heterocycles. The fourth-order valence-corrected chi connectivity index (χ4v) is 4.10. The molecule has 0 heterocycles. The second-order valence-corrected chi connectivity index (χ2v) is 7.10. The molecule has 0 amide bonds. The molecule has 5 nitrogen and oxygen atoms in total. The molecule has 0 bridgehead atoms. The van der Waals surface area contributed by atoms with Gasteiger partial charge in [-0.15, -0.1) is 0 Å². The van der Waals surface area contributed by atoms with Crippen LogP contribution in [0.1, 0.15) is 36.2 Å². The van der Waals surface area contributed by atoms with Crippen molar-refractivity contribution >= 4 is 13.6 Å². The zero-order chi connectivity index (χ0) is 16.9. The second-order valence-electron chi connectivity index (χ2n) is 5.13. The predicted octanol–water partition coefficient (Wildman–Crippen LogP) is 4.17. The number of carboxylic acids is 1. The third-order valence-electron chi connectivity index (χ3n) is 3.55. The summed E-state index contributed by atoms with van der Waals surface area (Å²) in [6, 6.07) is 17.0. The molecule has 0 aliphatic carbocycles. The van der Waals surface area contributed by atoms with Gasteiger partial charge in [-0.25, -0.2) is 4.79 Å². The molecule has 0 aliphatic rings. The predicted molar refractivity (Wildman–Crippen MR) is 87.2 cm³/mol. The fourth-order valence-electron chi connectivity index (χ4n) is 2.43. The van der Waals surface area contributed by atoms with E-state index in [1.807, 2.05) is 6.07 Å². The summed E-state index contributed by atoms with van der Waals surface area (Å²) in [5.41, 5.74) is 0.212. The van der Waals surface area contributed by atoms with Gasteiger partial charge in [-0.1, -0.05) is 67.6 Å². The molecule has 3 atom stereocenters. The first-order valence-corrected chi connectivity index (χ1v) is 8.94. The van der Waals surface area contributed by atoms with Crippen molar-refractivity contribution in [3.8, 4) is 0 Å². The van der Waals surface area contributed by atoms with E-state index in [0.717, 1.165) is 0 Å². The molecule has 2 aromatic rings. The highest BCUT2D eigenvalue weighted by atomic mass is 31.2. The van der Waals surface area contributed by atoms with Gasteiger partial charge in [0.25, 0.3) is 0 Å². The molecule has 2 rings (SSSR count). The van der Waals surface area contributed by atoms with Crippen LogP contribution in [0.2, 0.25) is 0 Å². The Kier molecular flexibility index (Phi) is 5.72. The van der Waals surface area contributed by atoms with Crippen molar-refractivity contribution in [3.63, 3.8) is 0 Å². The highest BCUT2D eigenvalue weighted by molar-refractivity contribution is 7.53. The van der Waals surface area contributed by atoms with Gasteiger partial charge < -0.3 is 10.00 Å². The number of carbonyl (C=O) groups is 1. The molecule has 2 aromatic carbocycles. The van der Waals surface area contributed by atoms with E-state index in [1.54, 1.807) is 61.5 Å². The zero-order valence-corrected chi connectivity index (χ0v) is 13.6. The lowest BCUT2D eigenvalue weighted by atomic mass is 10.1. The van der Waals surface area contributed by atoms with Crippen LogP contribution in [-0.2, 0) is 13.9 Å². The van der Waals surface area contributed by atoms with E-state index in [2.05, 4.69) is 0 Å². The van der Waals surface area contributed by atoms with E-state index >= 15 is 0 Å². The first-order chi connectivity index (χ1) is 11.0. The standard InChI is InChI=1S/C17H19O5P/c1-2-15(13-9-5-3-6-10-13)23(20,21)22-16(17(18)19)14-11-7-4-8-12-14/h3-12,15-16H,2H2,1H3,(H,18,19)(H,20,21). The minimum atomic E-state index is -4.18. The molecule has 6 heteroatoms. The molecule has 0 aromatic heterocycles. The number of rotatable bonds is 7. The third-order valence-corrected chi connectivity index (χ3v) is 5.51. The quantitative estimate of drug-likeness (QED) is 0.743. The molecule has 122 valence electrons. The van der Waals surface area contributed by atoms with Gasteiger partial charge in [0.05, 0.1) is 5.66 Å². The van der Waals surface area contributed by atoms with Crippen molar-refractivity contribution < 1.29 is 23.9 Å². The molecular weight excluding hydrogens is 315 g/mol. The van der Waals surface area contributed by atoms with Crippen molar-refractivity contribution in [2.75, 3.05) is 0 Å². The molecule has 0 radical (unpaired) electrons. The van der Waals surface area contributed by atoms with E-state index in [9.17, 15) is 19.4 Å². The summed E-state index contributed by atoms with van der Waals surface area (Å²) >= 11 is 0. The van der Waals surface area contributed by atoms with Crippen molar-refractivity contribution in [1.82, 2.24) is 0 Å². The van der Waals surface area contributed by atoms with E-state index in [0.29, 0.717) is 17.5 Å². The first-order valence-electron chi connectivity index (χ1n) is 7.29. The highest BCUT2D eigenvalue weighted by Gasteiger charge is 2.37. The van der Waals surface area contributed by atoms with Crippen LogP contribution in [0.25, 0.3) is 0 Å². The molecular formula is C17H19O5P. The smallest absolute Gasteiger partial charge is 0.338 e. The van der Waals surface area contributed by atoms with Crippen molar-refractivity contribution in [3.05, 3.63) is 71.8 Å². The maximum atomic E-state index is 12.7. The van der Waals surface area contributed by atoms with Gasteiger partial charge in [0.1, 0.15) is 0 Å². The summed E-state index contributed by atoms with van der Waals surface area (Å²) in [5.74, 6) is -1.30. The lowest BCUT2D eigenvalue weighted by Gasteiger charge is -2.25. The maximum absolute atomic E-state index is 12.7. The minimum Gasteiger partial charge on any atom is -0.479 e. The Labute approximate surface area is 135 Å². The summed E-state index contributed by atoms with van der Waals surface area (Å²) < 4.78 is 17.9. The van der Waals surface area contributed by atoms with Gasteiger partial charge in [-0.3, -0.25) is 9.09 Å². The Hall–Kier alpha value is -1.94. The van der Waals surface area contributed by atoms with Crippen molar-refractivity contribution in [2.24, 2.45) is 0 Å². The Bertz CT molecular complexity index is 687. The van der Waals surface area contributed by atoms with Crippen LogP contribution in [0.4, 0.5) is 0 Å². The largest absolute Gasteiger partial charge is 0.479 e. The van der Waals surface area contributed by atoms with Crippen LogP contribution in [0.5, 0.6) is 0 Å².